The summed E-state index contributed by atoms with van der Waals surface area (Å²) >= 11 is 0. The number of anilines is 2. The van der Waals surface area contributed by atoms with E-state index in [1.165, 1.54) is 6.33 Å². The molecule has 8 nitrogen and oxygen atoms in total. The van der Waals surface area contributed by atoms with E-state index in [1.807, 2.05) is 50.2 Å². The third-order valence-corrected chi connectivity index (χ3v) is 5.47. The van der Waals surface area contributed by atoms with E-state index in [2.05, 4.69) is 27.3 Å². The number of amides is 1. The van der Waals surface area contributed by atoms with Crippen LogP contribution in [0.5, 0.6) is 11.5 Å². The zero-order valence-electron chi connectivity index (χ0n) is 18.0. The number of nitrogens with one attached hydrogen (secondary N) is 2. The van der Waals surface area contributed by atoms with Crippen molar-refractivity contribution >= 4 is 17.5 Å². The van der Waals surface area contributed by atoms with E-state index in [0.29, 0.717) is 23.1 Å². The fraction of sp³-hybridized carbons (Fsp3) is 0.261. The Bertz CT molecular complexity index is 1150. The van der Waals surface area contributed by atoms with Gasteiger partial charge in [-0.2, -0.15) is 10.1 Å². The molecule has 0 aliphatic carbocycles. The zero-order valence-corrected chi connectivity index (χ0v) is 18.0. The molecule has 0 saturated carbocycles. The highest BCUT2D eigenvalue weighted by atomic mass is 16.5. The largest absolute Gasteiger partial charge is 0.493 e. The molecule has 8 heteroatoms. The molecule has 1 amide bonds. The number of rotatable bonds is 5. The smallest absolute Gasteiger partial charge is 0.235 e. The number of para-hydroxylation sites is 1. The first kappa shape index (κ1) is 20.5. The molecule has 2 N–H and O–H groups in total. The van der Waals surface area contributed by atoms with Crippen LogP contribution in [0.25, 0.3) is 0 Å². The Morgan fingerprint density at radius 3 is 2.71 bits per heavy atom. The van der Waals surface area contributed by atoms with Crippen molar-refractivity contribution in [2.24, 2.45) is 5.92 Å². The first-order valence-corrected chi connectivity index (χ1v) is 9.89. The lowest BCUT2D eigenvalue weighted by atomic mass is 9.87. The molecule has 0 bridgehead atoms. The van der Waals surface area contributed by atoms with E-state index >= 15 is 0 Å². The highest BCUT2D eigenvalue weighted by Gasteiger charge is 2.41. The third kappa shape index (κ3) is 3.61. The minimum absolute atomic E-state index is 0.208. The number of ether oxygens (including phenoxy) is 2. The maximum absolute atomic E-state index is 13.5. The van der Waals surface area contributed by atoms with Crippen LogP contribution in [-0.2, 0) is 4.79 Å². The van der Waals surface area contributed by atoms with Crippen molar-refractivity contribution in [1.82, 2.24) is 14.8 Å². The van der Waals surface area contributed by atoms with E-state index in [9.17, 15) is 4.79 Å². The highest BCUT2D eigenvalue weighted by Crippen LogP contribution is 2.44. The van der Waals surface area contributed by atoms with Gasteiger partial charge < -0.3 is 20.1 Å². The zero-order chi connectivity index (χ0) is 22.1. The molecule has 3 aromatic rings. The Balaban J connectivity index is 1.81. The van der Waals surface area contributed by atoms with Gasteiger partial charge in [0.1, 0.15) is 18.3 Å². The summed E-state index contributed by atoms with van der Waals surface area (Å²) < 4.78 is 12.8. The van der Waals surface area contributed by atoms with Crippen molar-refractivity contribution in [1.29, 1.82) is 0 Å². The van der Waals surface area contributed by atoms with Gasteiger partial charge in [-0.1, -0.05) is 36.4 Å². The number of nitrogens with zero attached hydrogens (tertiary/aromatic N) is 3. The van der Waals surface area contributed by atoms with Gasteiger partial charge in [-0.15, -0.1) is 0 Å². The second-order valence-electron chi connectivity index (χ2n) is 7.49. The summed E-state index contributed by atoms with van der Waals surface area (Å²) in [4.78, 5) is 17.8. The summed E-state index contributed by atoms with van der Waals surface area (Å²) in [7, 11) is 3.15. The normalized spacial score (nSPS) is 17.5. The fourth-order valence-corrected chi connectivity index (χ4v) is 4.02. The number of carbonyl (C=O) groups excluding carboxylic acids is 1. The maximum atomic E-state index is 13.5. The molecular formula is C23H25N5O3. The fourth-order valence-electron chi connectivity index (χ4n) is 4.02. The van der Waals surface area contributed by atoms with E-state index in [-0.39, 0.29) is 5.91 Å². The molecule has 160 valence electrons. The maximum Gasteiger partial charge on any atom is 0.235 e. The SMILES string of the molecule is C=C1Nc2ncnn2[C@@H](c2cccc(OC)c2OC)[C@@H]1C(=O)Nc1ccc(C)cc1C. The number of hydrogen-bond acceptors (Lipinski definition) is 6. The highest BCUT2D eigenvalue weighted by molar-refractivity contribution is 5.96. The van der Waals surface area contributed by atoms with Gasteiger partial charge in [0.25, 0.3) is 0 Å². The second kappa shape index (κ2) is 8.14. The molecular weight excluding hydrogens is 394 g/mol. The number of benzene rings is 2. The molecule has 0 saturated heterocycles. The molecule has 1 aliphatic heterocycles. The van der Waals surface area contributed by atoms with Crippen LogP contribution in [0.2, 0.25) is 0 Å². The first-order chi connectivity index (χ1) is 14.9. The minimum atomic E-state index is -0.670. The van der Waals surface area contributed by atoms with E-state index in [0.717, 1.165) is 22.4 Å². The van der Waals surface area contributed by atoms with Gasteiger partial charge in [0, 0.05) is 16.9 Å². The molecule has 1 aliphatic rings. The van der Waals surface area contributed by atoms with Crippen molar-refractivity contribution in [3.8, 4) is 11.5 Å². The lowest BCUT2D eigenvalue weighted by molar-refractivity contribution is -0.119. The average Bonchev–Trinajstić information content (AvgIpc) is 3.21. The van der Waals surface area contributed by atoms with Gasteiger partial charge in [0.15, 0.2) is 11.5 Å². The second-order valence-corrected chi connectivity index (χ2v) is 7.49. The molecule has 4 rings (SSSR count). The van der Waals surface area contributed by atoms with Gasteiger partial charge in [-0.05, 0) is 31.5 Å². The molecule has 0 spiro atoms. The molecule has 2 atom stereocenters. The molecule has 1 aromatic heterocycles. The molecule has 31 heavy (non-hydrogen) atoms. The summed E-state index contributed by atoms with van der Waals surface area (Å²) in [6.07, 6.45) is 1.44. The van der Waals surface area contributed by atoms with Crippen LogP contribution in [0, 0.1) is 19.8 Å². The number of aryl methyl sites for hydroxylation is 2. The Labute approximate surface area is 180 Å². The molecule has 2 aromatic carbocycles. The summed E-state index contributed by atoms with van der Waals surface area (Å²) in [6.45, 7) is 8.11. The predicted octanol–water partition coefficient (Wildman–Crippen LogP) is 3.70. The summed E-state index contributed by atoms with van der Waals surface area (Å²) in [5.74, 6) is 0.738. The predicted molar refractivity (Wildman–Crippen MR) is 119 cm³/mol. The monoisotopic (exact) mass is 419 g/mol. The number of aromatic nitrogens is 3. The standard InChI is InChI=1S/C23H25N5O3/c1-13-9-10-17(14(2)11-13)27-22(29)19-15(3)26-23-24-12-25-28(23)20(19)16-7-6-8-18(30-4)21(16)31-5/h6-12,19-20H,3H2,1-2,4-5H3,(H,27,29)(H,24,25,26)/t19-,20+/m1/s1. The van der Waals surface area contributed by atoms with Gasteiger partial charge >= 0.3 is 0 Å². The minimum Gasteiger partial charge on any atom is -0.493 e. The molecule has 2 heterocycles. The molecule has 0 fully saturated rings. The van der Waals surface area contributed by atoms with Crippen LogP contribution in [0.1, 0.15) is 22.7 Å². The van der Waals surface area contributed by atoms with Crippen molar-refractivity contribution < 1.29 is 14.3 Å². The van der Waals surface area contributed by atoms with E-state index in [4.69, 9.17) is 9.47 Å². The van der Waals surface area contributed by atoms with E-state index in [1.54, 1.807) is 18.9 Å². The van der Waals surface area contributed by atoms with Crippen molar-refractivity contribution in [3.63, 3.8) is 0 Å². The Morgan fingerprint density at radius 1 is 1.19 bits per heavy atom. The first-order valence-electron chi connectivity index (χ1n) is 9.89. The lowest BCUT2D eigenvalue weighted by Gasteiger charge is -2.34. The Kier molecular flexibility index (Phi) is 5.37. The summed E-state index contributed by atoms with van der Waals surface area (Å²) in [6, 6.07) is 10.9. The topological polar surface area (TPSA) is 90.3 Å². The number of fused-ring (bicyclic) bond motifs is 1. The van der Waals surface area contributed by atoms with Crippen molar-refractivity contribution in [3.05, 3.63) is 71.7 Å². The van der Waals surface area contributed by atoms with Crippen LogP contribution in [0.4, 0.5) is 11.6 Å². The van der Waals surface area contributed by atoms with Gasteiger partial charge in [-0.3, -0.25) is 4.79 Å². The molecule has 0 radical (unpaired) electrons. The van der Waals surface area contributed by atoms with Gasteiger partial charge in [0.05, 0.1) is 14.2 Å². The van der Waals surface area contributed by atoms with Crippen LogP contribution >= 0.6 is 0 Å². The molecule has 0 unspecified atom stereocenters. The Hall–Kier alpha value is -3.81. The van der Waals surface area contributed by atoms with Gasteiger partial charge in [0.2, 0.25) is 11.9 Å². The van der Waals surface area contributed by atoms with Gasteiger partial charge in [-0.25, -0.2) is 4.68 Å². The number of methoxy groups -OCH3 is 2. The number of hydrogen-bond donors (Lipinski definition) is 2. The quantitative estimate of drug-likeness (QED) is 0.655. The van der Waals surface area contributed by atoms with Crippen LogP contribution in [-0.4, -0.2) is 34.9 Å². The number of carbonyl (C=O) groups is 1. The van der Waals surface area contributed by atoms with E-state index < -0.39 is 12.0 Å². The van der Waals surface area contributed by atoms with Crippen molar-refractivity contribution in [2.75, 3.05) is 24.9 Å². The summed E-state index contributed by atoms with van der Waals surface area (Å²) in [5.41, 5.74) is 4.14. The average molecular weight is 419 g/mol. The summed E-state index contributed by atoms with van der Waals surface area (Å²) in [5, 5.41) is 10.5. The van der Waals surface area contributed by atoms with Crippen LogP contribution in [0.3, 0.4) is 0 Å². The lowest BCUT2D eigenvalue weighted by Crippen LogP contribution is -2.39. The Morgan fingerprint density at radius 2 is 2.00 bits per heavy atom. The third-order valence-electron chi connectivity index (χ3n) is 5.47. The van der Waals surface area contributed by atoms with Crippen LogP contribution in [0.15, 0.2) is 55.0 Å². The van der Waals surface area contributed by atoms with Crippen LogP contribution < -0.4 is 20.1 Å². The van der Waals surface area contributed by atoms with Crippen molar-refractivity contribution in [2.45, 2.75) is 19.9 Å².